The van der Waals surface area contributed by atoms with Gasteiger partial charge in [0.15, 0.2) is 0 Å². The fourth-order valence-electron chi connectivity index (χ4n) is 2.00. The van der Waals surface area contributed by atoms with Crippen molar-refractivity contribution in [2.45, 2.75) is 57.6 Å². The zero-order valence-electron chi connectivity index (χ0n) is 10.7. The second kappa shape index (κ2) is 6.68. The summed E-state index contributed by atoms with van der Waals surface area (Å²) in [5, 5.41) is 9.36. The van der Waals surface area contributed by atoms with E-state index in [9.17, 15) is 13.5 Å². The third kappa shape index (κ3) is 4.91. The molecule has 6 heteroatoms. The van der Waals surface area contributed by atoms with Crippen LogP contribution in [0.5, 0.6) is 0 Å². The zero-order chi connectivity index (χ0) is 12.9. The normalized spacial score (nSPS) is 26.4. The lowest BCUT2D eigenvalue weighted by molar-refractivity contribution is 0.120. The molecule has 2 N–H and O–H groups in total. The average molecular weight is 264 g/mol. The van der Waals surface area contributed by atoms with Crippen molar-refractivity contribution in [1.29, 1.82) is 0 Å². The van der Waals surface area contributed by atoms with Crippen molar-refractivity contribution < 1.29 is 13.5 Å². The van der Waals surface area contributed by atoms with Crippen LogP contribution in [0.15, 0.2) is 0 Å². The molecule has 0 unspecified atom stereocenters. The summed E-state index contributed by atoms with van der Waals surface area (Å²) in [6.07, 6.45) is 4.42. The van der Waals surface area contributed by atoms with Crippen molar-refractivity contribution in [2.24, 2.45) is 0 Å². The Bertz CT molecular complexity index is 311. The molecule has 0 radical (unpaired) electrons. The van der Waals surface area contributed by atoms with E-state index < -0.39 is 10.2 Å². The first kappa shape index (κ1) is 14.9. The molecule has 5 nitrogen and oxygen atoms in total. The van der Waals surface area contributed by atoms with E-state index in [0.29, 0.717) is 19.4 Å². The maximum absolute atomic E-state index is 11.9. The van der Waals surface area contributed by atoms with Crippen molar-refractivity contribution in [2.75, 3.05) is 13.6 Å². The SMILES string of the molecule is CCCCN(C)S(=O)(=O)NC1CCC(O)CC1. The summed E-state index contributed by atoms with van der Waals surface area (Å²) in [5.74, 6) is 0. The summed E-state index contributed by atoms with van der Waals surface area (Å²) < 4.78 is 28.0. The molecule has 102 valence electrons. The number of hydrogen-bond donors (Lipinski definition) is 2. The van der Waals surface area contributed by atoms with Crippen molar-refractivity contribution in [3.63, 3.8) is 0 Å². The Morgan fingerprint density at radius 3 is 2.41 bits per heavy atom. The van der Waals surface area contributed by atoms with Crippen molar-refractivity contribution in [3.8, 4) is 0 Å². The minimum absolute atomic E-state index is 0.0209. The second-order valence-electron chi connectivity index (χ2n) is 4.80. The molecule has 1 rings (SSSR count). The first-order valence-electron chi connectivity index (χ1n) is 6.37. The molecule has 0 amide bonds. The molecule has 1 aliphatic rings. The van der Waals surface area contributed by atoms with E-state index in [1.807, 2.05) is 6.92 Å². The van der Waals surface area contributed by atoms with Crippen LogP contribution >= 0.6 is 0 Å². The van der Waals surface area contributed by atoms with Crippen LogP contribution in [0, 0.1) is 0 Å². The van der Waals surface area contributed by atoms with Crippen molar-refractivity contribution in [1.82, 2.24) is 9.03 Å². The van der Waals surface area contributed by atoms with Crippen LogP contribution in [0.3, 0.4) is 0 Å². The third-order valence-corrected chi connectivity index (χ3v) is 4.88. The molecule has 0 aromatic carbocycles. The maximum atomic E-state index is 11.9. The van der Waals surface area contributed by atoms with Gasteiger partial charge in [-0.3, -0.25) is 0 Å². The van der Waals surface area contributed by atoms with Gasteiger partial charge in [0.25, 0.3) is 10.2 Å². The molecule has 17 heavy (non-hydrogen) atoms. The van der Waals surface area contributed by atoms with Crippen molar-refractivity contribution in [3.05, 3.63) is 0 Å². The quantitative estimate of drug-likeness (QED) is 0.747. The Labute approximate surface area is 104 Å². The molecule has 0 saturated heterocycles. The van der Waals surface area contributed by atoms with E-state index in [1.165, 1.54) is 4.31 Å². The second-order valence-corrected chi connectivity index (χ2v) is 6.61. The number of unbranched alkanes of at least 4 members (excludes halogenated alkanes) is 1. The Hall–Kier alpha value is -0.170. The summed E-state index contributed by atoms with van der Waals surface area (Å²) in [6.45, 7) is 2.59. The Kier molecular flexibility index (Phi) is 5.85. The van der Waals surface area contributed by atoms with Crippen LogP contribution in [0.1, 0.15) is 45.4 Å². The molecule has 0 aromatic heterocycles. The van der Waals surface area contributed by atoms with Gasteiger partial charge in [0, 0.05) is 19.6 Å². The smallest absolute Gasteiger partial charge is 0.279 e. The van der Waals surface area contributed by atoms with E-state index >= 15 is 0 Å². The zero-order valence-corrected chi connectivity index (χ0v) is 11.5. The number of nitrogens with zero attached hydrogens (tertiary/aromatic N) is 1. The maximum Gasteiger partial charge on any atom is 0.279 e. The first-order valence-corrected chi connectivity index (χ1v) is 7.81. The summed E-state index contributed by atoms with van der Waals surface area (Å²) in [7, 11) is -1.74. The summed E-state index contributed by atoms with van der Waals surface area (Å²) in [4.78, 5) is 0. The molecule has 0 atom stereocenters. The number of rotatable bonds is 6. The van der Waals surface area contributed by atoms with Crippen LogP contribution in [-0.4, -0.2) is 43.6 Å². The van der Waals surface area contributed by atoms with Crippen LogP contribution in [-0.2, 0) is 10.2 Å². The van der Waals surface area contributed by atoms with Gasteiger partial charge in [-0.1, -0.05) is 13.3 Å². The first-order chi connectivity index (χ1) is 7.95. The predicted molar refractivity (Wildman–Crippen MR) is 67.9 cm³/mol. The summed E-state index contributed by atoms with van der Waals surface area (Å²) >= 11 is 0. The highest BCUT2D eigenvalue weighted by Crippen LogP contribution is 2.19. The molecule has 0 heterocycles. The number of nitrogens with one attached hydrogen (secondary N) is 1. The Balaban J connectivity index is 2.43. The van der Waals surface area contributed by atoms with Gasteiger partial charge >= 0.3 is 0 Å². The molecule has 1 saturated carbocycles. The lowest BCUT2D eigenvalue weighted by Crippen LogP contribution is -2.45. The molecule has 0 aliphatic heterocycles. The van der Waals surface area contributed by atoms with E-state index in [0.717, 1.165) is 25.7 Å². The minimum atomic E-state index is -3.35. The lowest BCUT2D eigenvalue weighted by Gasteiger charge is -2.28. The van der Waals surface area contributed by atoms with E-state index in [1.54, 1.807) is 7.05 Å². The predicted octanol–water partition coefficient (Wildman–Crippen LogP) is 0.856. The van der Waals surface area contributed by atoms with Gasteiger partial charge in [0.1, 0.15) is 0 Å². The van der Waals surface area contributed by atoms with Gasteiger partial charge in [-0.15, -0.1) is 0 Å². The van der Waals surface area contributed by atoms with Gasteiger partial charge in [0.05, 0.1) is 6.10 Å². The highest BCUT2D eigenvalue weighted by Gasteiger charge is 2.25. The number of aliphatic hydroxyl groups excluding tert-OH is 1. The molecular formula is C11H24N2O3S. The third-order valence-electron chi connectivity index (χ3n) is 3.25. The minimum Gasteiger partial charge on any atom is -0.393 e. The van der Waals surface area contributed by atoms with Crippen LogP contribution in [0.4, 0.5) is 0 Å². The molecule has 1 fully saturated rings. The fourth-order valence-corrected chi connectivity index (χ4v) is 3.20. The van der Waals surface area contributed by atoms with Crippen LogP contribution in [0.25, 0.3) is 0 Å². The Morgan fingerprint density at radius 2 is 1.88 bits per heavy atom. The average Bonchev–Trinajstić information content (AvgIpc) is 2.28. The van der Waals surface area contributed by atoms with Gasteiger partial charge in [-0.05, 0) is 32.1 Å². The van der Waals surface area contributed by atoms with Gasteiger partial charge in [-0.25, -0.2) is 0 Å². The molecule has 0 spiro atoms. The summed E-state index contributed by atoms with van der Waals surface area (Å²) in [5.41, 5.74) is 0. The number of hydrogen-bond acceptors (Lipinski definition) is 3. The van der Waals surface area contributed by atoms with Crippen LogP contribution in [0.2, 0.25) is 0 Å². The lowest BCUT2D eigenvalue weighted by atomic mass is 9.94. The van der Waals surface area contributed by atoms with Crippen LogP contribution < -0.4 is 4.72 Å². The Morgan fingerprint density at radius 1 is 1.29 bits per heavy atom. The number of aliphatic hydroxyl groups is 1. The van der Waals surface area contributed by atoms with Gasteiger partial charge in [0.2, 0.25) is 0 Å². The monoisotopic (exact) mass is 264 g/mol. The van der Waals surface area contributed by atoms with Gasteiger partial charge < -0.3 is 5.11 Å². The molecular weight excluding hydrogens is 240 g/mol. The highest BCUT2D eigenvalue weighted by molar-refractivity contribution is 7.87. The molecule has 0 bridgehead atoms. The molecule has 0 aromatic rings. The van der Waals surface area contributed by atoms with Crippen molar-refractivity contribution >= 4 is 10.2 Å². The molecule has 1 aliphatic carbocycles. The fraction of sp³-hybridized carbons (Fsp3) is 1.00. The van der Waals surface area contributed by atoms with Gasteiger partial charge in [-0.2, -0.15) is 17.4 Å². The van der Waals surface area contributed by atoms with E-state index in [-0.39, 0.29) is 12.1 Å². The highest BCUT2D eigenvalue weighted by atomic mass is 32.2. The topological polar surface area (TPSA) is 69.6 Å². The van der Waals surface area contributed by atoms with E-state index in [2.05, 4.69) is 4.72 Å². The summed E-state index contributed by atoms with van der Waals surface area (Å²) in [6, 6.07) is -0.0209. The standard InChI is InChI=1S/C11H24N2O3S/c1-3-4-9-13(2)17(15,16)12-10-5-7-11(14)8-6-10/h10-12,14H,3-9H2,1-2H3. The largest absolute Gasteiger partial charge is 0.393 e. The van der Waals surface area contributed by atoms with E-state index in [4.69, 9.17) is 0 Å².